The Kier molecular flexibility index (Phi) is 40.5. The summed E-state index contributed by atoms with van der Waals surface area (Å²) in [6, 6.07) is -1.54. The summed E-state index contributed by atoms with van der Waals surface area (Å²) in [5.74, 6) is -2.48. The Morgan fingerprint density at radius 3 is 1.56 bits per heavy atom. The highest BCUT2D eigenvalue weighted by Gasteiger charge is 2.28. The lowest BCUT2D eigenvalue weighted by atomic mass is 10.1. The molecule has 0 aliphatic carbocycles. The van der Waals surface area contributed by atoms with E-state index in [1.807, 2.05) is 19.1 Å². The van der Waals surface area contributed by atoms with E-state index in [9.17, 15) is 28.9 Å². The zero-order valence-electron chi connectivity index (χ0n) is 37.9. The van der Waals surface area contributed by atoms with Crippen molar-refractivity contribution in [3.05, 3.63) is 60.8 Å². The fraction of sp³-hybridized carbons (Fsp3) is 0.729. The number of hydrogen-bond donors (Lipinski definition) is 4. The topological polar surface area (TPSA) is 192 Å². The maximum atomic E-state index is 12.7. The molecular weight excluding hydrogens is 797 g/mol. The summed E-state index contributed by atoms with van der Waals surface area (Å²) in [4.78, 5) is 46.0. The second-order valence-electron chi connectivity index (χ2n) is 15.7. The van der Waals surface area contributed by atoms with Gasteiger partial charge < -0.3 is 30.3 Å². The van der Waals surface area contributed by atoms with Crippen LogP contribution in [0.1, 0.15) is 187 Å². The molecule has 0 saturated carbocycles. The number of phosphoric acid groups is 1. The first-order valence-corrected chi connectivity index (χ1v) is 24.9. The van der Waals surface area contributed by atoms with Crippen molar-refractivity contribution >= 4 is 25.7 Å². The van der Waals surface area contributed by atoms with E-state index in [2.05, 4.69) is 60.1 Å². The van der Waals surface area contributed by atoms with Crippen LogP contribution in [0.15, 0.2) is 60.8 Å². The minimum atomic E-state index is -4.74. The van der Waals surface area contributed by atoms with Crippen molar-refractivity contribution in [2.45, 2.75) is 205 Å². The number of esters is 2. The number of unbranched alkanes of at least 4 members (excludes halogenated alkanes) is 16. The molecule has 0 fully saturated rings. The lowest BCUT2D eigenvalue weighted by molar-refractivity contribution is -0.161. The predicted molar refractivity (Wildman–Crippen MR) is 246 cm³/mol. The minimum Gasteiger partial charge on any atom is -0.480 e. The molecule has 0 radical (unpaired) electrons. The van der Waals surface area contributed by atoms with Crippen LogP contribution in [0.25, 0.3) is 0 Å². The smallest absolute Gasteiger partial charge is 0.472 e. The highest BCUT2D eigenvalue weighted by Crippen LogP contribution is 2.43. The van der Waals surface area contributed by atoms with Crippen molar-refractivity contribution < 1.29 is 52.6 Å². The zero-order chi connectivity index (χ0) is 45.1. The Morgan fingerprint density at radius 1 is 0.574 bits per heavy atom. The highest BCUT2D eigenvalue weighted by molar-refractivity contribution is 7.47. The summed E-state index contributed by atoms with van der Waals surface area (Å²) >= 11 is 0. The third-order valence-electron chi connectivity index (χ3n) is 9.90. The predicted octanol–water partition coefficient (Wildman–Crippen LogP) is 11.7. The molecule has 0 aromatic rings. The molecule has 61 heavy (non-hydrogen) atoms. The van der Waals surface area contributed by atoms with Gasteiger partial charge in [-0.05, 0) is 83.5 Å². The number of allylic oxidation sites excluding steroid dienone is 10. The van der Waals surface area contributed by atoms with E-state index >= 15 is 0 Å². The van der Waals surface area contributed by atoms with E-state index in [4.69, 9.17) is 24.8 Å². The number of phosphoric ester groups is 1. The number of nitrogens with two attached hydrogens (primary N) is 1. The lowest BCUT2D eigenvalue weighted by Gasteiger charge is -2.20. The normalized spacial score (nSPS) is 14.7. The molecule has 0 spiro atoms. The first kappa shape index (κ1) is 58.1. The second-order valence-corrected chi connectivity index (χ2v) is 17.1. The number of aliphatic carboxylic acids is 1. The number of aliphatic hydroxyl groups excluding tert-OH is 1. The number of aliphatic hydroxyl groups is 1. The van der Waals surface area contributed by atoms with Gasteiger partial charge in [-0.25, -0.2) is 4.57 Å². The molecule has 0 aromatic carbocycles. The Balaban J connectivity index is 4.41. The molecule has 4 atom stereocenters. The number of carboxylic acids is 1. The van der Waals surface area contributed by atoms with Gasteiger partial charge in [0.05, 0.1) is 19.3 Å². The lowest BCUT2D eigenvalue weighted by Crippen LogP contribution is -2.34. The van der Waals surface area contributed by atoms with Gasteiger partial charge in [0.15, 0.2) is 6.10 Å². The van der Waals surface area contributed by atoms with Crippen molar-refractivity contribution in [3.63, 3.8) is 0 Å². The van der Waals surface area contributed by atoms with Gasteiger partial charge in [0, 0.05) is 12.8 Å². The molecule has 0 rings (SSSR count). The van der Waals surface area contributed by atoms with Crippen molar-refractivity contribution in [1.29, 1.82) is 0 Å². The van der Waals surface area contributed by atoms with Gasteiger partial charge in [-0.3, -0.25) is 23.4 Å². The molecule has 0 aromatic heterocycles. The van der Waals surface area contributed by atoms with Crippen LogP contribution in [0.4, 0.5) is 0 Å². The Morgan fingerprint density at radius 2 is 1.02 bits per heavy atom. The van der Waals surface area contributed by atoms with Crippen LogP contribution in [-0.4, -0.2) is 71.1 Å². The van der Waals surface area contributed by atoms with Gasteiger partial charge in [-0.1, -0.05) is 152 Å². The van der Waals surface area contributed by atoms with Crippen LogP contribution in [0.5, 0.6) is 0 Å². The number of ether oxygens (including phenoxy) is 2. The number of hydrogen-bond acceptors (Lipinski definition) is 10. The first-order valence-electron chi connectivity index (χ1n) is 23.4. The van der Waals surface area contributed by atoms with E-state index < -0.39 is 51.1 Å². The Hall–Kier alpha value is -2.86. The number of carbonyl (C=O) groups is 3. The fourth-order valence-corrected chi connectivity index (χ4v) is 6.81. The molecule has 12 nitrogen and oxygen atoms in total. The third-order valence-corrected chi connectivity index (χ3v) is 10.9. The van der Waals surface area contributed by atoms with Gasteiger partial charge in [0.1, 0.15) is 12.6 Å². The number of rotatable bonds is 43. The standard InChI is InChI=1S/C48H84NO11P/c1-3-5-6-7-8-9-10-11-12-13-14-15-16-21-24-27-30-33-36-39-47(52)60-44(41-58-61(55,56)59-42-45(49)48(53)54)40-57-46(51)38-35-32-29-26-23-20-18-17-19-22-25-28-31-34-37-43(50)4-2/h11-12,18-20,22,26,28-29,31,43-45,50H,3-10,13-17,21,23-25,27,30,32-42,49H2,1-2H3,(H,53,54)(H,55,56)/b12-11-,20-18-,22-19-,29-26-,31-28-/t43-,44+,45-/m0/s1. The molecule has 0 aliphatic rings. The van der Waals surface area contributed by atoms with Crippen LogP contribution >= 0.6 is 7.82 Å². The Bertz CT molecular complexity index is 1280. The van der Waals surface area contributed by atoms with Crippen molar-refractivity contribution in [2.75, 3.05) is 19.8 Å². The molecule has 0 heterocycles. The van der Waals surface area contributed by atoms with Crippen molar-refractivity contribution in [1.82, 2.24) is 0 Å². The second kappa shape index (κ2) is 42.4. The molecule has 0 aliphatic heterocycles. The van der Waals surface area contributed by atoms with Crippen LogP contribution in [0, 0.1) is 0 Å². The van der Waals surface area contributed by atoms with Gasteiger partial charge >= 0.3 is 25.7 Å². The van der Waals surface area contributed by atoms with E-state index in [-0.39, 0.29) is 25.6 Å². The highest BCUT2D eigenvalue weighted by atomic mass is 31.2. The number of carboxylic acid groups (broad SMARTS) is 1. The summed E-state index contributed by atoms with van der Waals surface area (Å²) in [6.45, 7) is 2.46. The SMILES string of the molecule is CCCCCCCC/C=C\CCCCCCCCCCCC(=O)O[C@H](COC(=O)CCC/C=C\C/C=C\C/C=C\C/C=C\CC[C@@H](O)CC)COP(=O)(O)OC[C@H](N)C(=O)O. The molecular formula is C48H84NO11P. The third kappa shape index (κ3) is 42.2. The quantitative estimate of drug-likeness (QED) is 0.0196. The van der Waals surface area contributed by atoms with Gasteiger partial charge in [0.25, 0.3) is 0 Å². The fourth-order valence-electron chi connectivity index (χ4n) is 6.03. The first-order chi connectivity index (χ1) is 29.5. The van der Waals surface area contributed by atoms with Crippen LogP contribution in [0.3, 0.4) is 0 Å². The van der Waals surface area contributed by atoms with Crippen molar-refractivity contribution in [2.24, 2.45) is 5.73 Å². The summed E-state index contributed by atoms with van der Waals surface area (Å²) in [6.07, 6.45) is 46.6. The average Bonchev–Trinajstić information content (AvgIpc) is 3.24. The van der Waals surface area contributed by atoms with E-state index in [0.717, 1.165) is 57.8 Å². The summed E-state index contributed by atoms with van der Waals surface area (Å²) in [5.41, 5.74) is 5.33. The molecule has 352 valence electrons. The Labute approximate surface area is 369 Å². The average molecular weight is 882 g/mol. The van der Waals surface area contributed by atoms with E-state index in [1.165, 1.54) is 83.5 Å². The van der Waals surface area contributed by atoms with Crippen LogP contribution in [0.2, 0.25) is 0 Å². The molecule has 0 bridgehead atoms. The monoisotopic (exact) mass is 882 g/mol. The molecule has 5 N–H and O–H groups in total. The van der Waals surface area contributed by atoms with Crippen molar-refractivity contribution in [3.8, 4) is 0 Å². The summed E-state index contributed by atoms with van der Waals surface area (Å²) < 4.78 is 32.7. The minimum absolute atomic E-state index is 0.130. The van der Waals surface area contributed by atoms with Gasteiger partial charge in [0.2, 0.25) is 0 Å². The zero-order valence-corrected chi connectivity index (χ0v) is 38.7. The van der Waals surface area contributed by atoms with E-state index in [1.54, 1.807) is 0 Å². The summed E-state index contributed by atoms with van der Waals surface area (Å²) in [5, 5.41) is 18.5. The number of carbonyl (C=O) groups excluding carboxylic acids is 2. The molecule has 0 saturated heterocycles. The van der Waals surface area contributed by atoms with Crippen LogP contribution < -0.4 is 5.73 Å². The largest absolute Gasteiger partial charge is 0.480 e. The maximum Gasteiger partial charge on any atom is 0.472 e. The molecule has 1 unspecified atom stereocenters. The van der Waals surface area contributed by atoms with Gasteiger partial charge in [-0.15, -0.1) is 0 Å². The maximum absolute atomic E-state index is 12.7. The molecule has 0 amide bonds. The van der Waals surface area contributed by atoms with Gasteiger partial charge in [-0.2, -0.15) is 0 Å². The molecule has 13 heteroatoms. The van der Waals surface area contributed by atoms with Crippen LogP contribution in [-0.2, 0) is 37.5 Å². The summed E-state index contributed by atoms with van der Waals surface area (Å²) in [7, 11) is -4.74. The van der Waals surface area contributed by atoms with E-state index in [0.29, 0.717) is 19.3 Å².